The Morgan fingerprint density at radius 3 is 2.38 bits per heavy atom. The molecular formula is C14H23F3N4. The topological polar surface area (TPSA) is 41.1 Å². The zero-order valence-electron chi connectivity index (χ0n) is 13.0. The smallest absolute Gasteiger partial charge is 0.370 e. The van der Waals surface area contributed by atoms with Crippen LogP contribution >= 0.6 is 0 Å². The second-order valence-corrected chi connectivity index (χ2v) is 5.00. The fraction of sp³-hybridized carbons (Fsp3) is 0.714. The summed E-state index contributed by atoms with van der Waals surface area (Å²) in [6.45, 7) is 6.39. The van der Waals surface area contributed by atoms with Crippen molar-refractivity contribution in [2.75, 3.05) is 30.4 Å². The molecule has 0 saturated carbocycles. The molecule has 0 amide bonds. The molecule has 0 aromatic carbocycles. The van der Waals surface area contributed by atoms with E-state index < -0.39 is 12.6 Å². The van der Waals surface area contributed by atoms with Crippen LogP contribution in [0, 0.1) is 6.92 Å². The van der Waals surface area contributed by atoms with Crippen LogP contribution in [-0.4, -0.2) is 36.3 Å². The molecule has 1 heterocycles. The summed E-state index contributed by atoms with van der Waals surface area (Å²) >= 11 is 0. The first-order valence-corrected chi connectivity index (χ1v) is 7.17. The molecule has 0 aliphatic rings. The lowest BCUT2D eigenvalue weighted by atomic mass is 10.2. The summed E-state index contributed by atoms with van der Waals surface area (Å²) in [4.78, 5) is 10.4. The van der Waals surface area contributed by atoms with Crippen molar-refractivity contribution in [3.8, 4) is 0 Å². The Morgan fingerprint density at radius 2 is 1.86 bits per heavy atom. The fourth-order valence-electron chi connectivity index (χ4n) is 2.00. The van der Waals surface area contributed by atoms with E-state index in [1.165, 1.54) is 0 Å². The molecule has 21 heavy (non-hydrogen) atoms. The zero-order chi connectivity index (χ0) is 16.0. The highest BCUT2D eigenvalue weighted by atomic mass is 19.4. The van der Waals surface area contributed by atoms with Gasteiger partial charge in [0.25, 0.3) is 0 Å². The van der Waals surface area contributed by atoms with Crippen LogP contribution in [0.5, 0.6) is 0 Å². The highest BCUT2D eigenvalue weighted by Crippen LogP contribution is 2.25. The van der Waals surface area contributed by atoms with Crippen molar-refractivity contribution in [3.05, 3.63) is 11.4 Å². The molecule has 4 nitrogen and oxygen atoms in total. The van der Waals surface area contributed by atoms with E-state index in [1.54, 1.807) is 11.9 Å². The van der Waals surface area contributed by atoms with E-state index in [0.717, 1.165) is 12.0 Å². The van der Waals surface area contributed by atoms with Gasteiger partial charge in [-0.3, -0.25) is 0 Å². The number of hydrogen-bond donors (Lipinski definition) is 1. The van der Waals surface area contributed by atoms with Crippen LogP contribution in [0.4, 0.5) is 24.8 Å². The summed E-state index contributed by atoms with van der Waals surface area (Å²) in [7, 11) is 1.63. The third-order valence-corrected chi connectivity index (χ3v) is 3.08. The summed E-state index contributed by atoms with van der Waals surface area (Å²) in [5.41, 5.74) is 0.779. The lowest BCUT2D eigenvalue weighted by Crippen LogP contribution is -2.26. The lowest BCUT2D eigenvalue weighted by Gasteiger charge is -2.23. The number of halogens is 3. The first kappa shape index (κ1) is 17.5. The predicted octanol–water partition coefficient (Wildman–Crippen LogP) is 3.56. The van der Waals surface area contributed by atoms with Crippen molar-refractivity contribution < 1.29 is 13.2 Å². The number of aromatic nitrogens is 2. The first-order valence-electron chi connectivity index (χ1n) is 7.17. The third-order valence-electron chi connectivity index (χ3n) is 3.08. The predicted molar refractivity (Wildman–Crippen MR) is 78.9 cm³/mol. The minimum atomic E-state index is -4.16. The molecule has 0 unspecified atom stereocenters. The van der Waals surface area contributed by atoms with Gasteiger partial charge in [0.1, 0.15) is 17.5 Å². The van der Waals surface area contributed by atoms with E-state index in [-0.39, 0.29) is 6.54 Å². The van der Waals surface area contributed by atoms with Crippen LogP contribution < -0.4 is 10.2 Å². The number of aryl methyl sites for hydroxylation is 1. The van der Waals surface area contributed by atoms with Crippen molar-refractivity contribution in [1.82, 2.24) is 9.97 Å². The lowest BCUT2D eigenvalue weighted by molar-refractivity contribution is -0.132. The zero-order valence-corrected chi connectivity index (χ0v) is 13.0. The number of anilines is 2. The molecule has 0 atom stereocenters. The highest BCUT2D eigenvalue weighted by molar-refractivity contribution is 5.58. The van der Waals surface area contributed by atoms with Gasteiger partial charge in [-0.2, -0.15) is 13.2 Å². The van der Waals surface area contributed by atoms with Gasteiger partial charge in [-0.05, 0) is 20.3 Å². The quantitative estimate of drug-likeness (QED) is 0.836. The highest BCUT2D eigenvalue weighted by Gasteiger charge is 2.28. The number of nitrogens with one attached hydrogen (secondary N) is 1. The summed E-state index contributed by atoms with van der Waals surface area (Å²) in [6.07, 6.45) is -3.42. The first-order chi connectivity index (χ1) is 9.78. The molecule has 120 valence electrons. The van der Waals surface area contributed by atoms with Gasteiger partial charge in [0.05, 0.1) is 6.42 Å². The summed E-state index contributed by atoms with van der Waals surface area (Å²) in [6, 6.07) is 0. The molecule has 1 aromatic heterocycles. The molecule has 0 saturated heterocycles. The summed E-state index contributed by atoms with van der Waals surface area (Å²) in [5, 5.41) is 3.14. The molecule has 1 N–H and O–H groups in total. The SMILES string of the molecule is CCCc1nc(NCC)c(C)c(N(C)CCC(F)(F)F)n1. The summed E-state index contributed by atoms with van der Waals surface area (Å²) in [5.74, 6) is 1.92. The Kier molecular flexibility index (Phi) is 6.23. The van der Waals surface area contributed by atoms with Crippen LogP contribution in [0.15, 0.2) is 0 Å². The van der Waals surface area contributed by atoms with Crippen molar-refractivity contribution in [2.24, 2.45) is 0 Å². The van der Waals surface area contributed by atoms with Crippen LogP contribution in [0.1, 0.15) is 38.1 Å². The average molecular weight is 304 g/mol. The largest absolute Gasteiger partial charge is 0.390 e. The van der Waals surface area contributed by atoms with Crippen LogP contribution in [0.25, 0.3) is 0 Å². The molecule has 0 fully saturated rings. The maximum absolute atomic E-state index is 12.4. The Labute approximate surface area is 123 Å². The van der Waals surface area contributed by atoms with Gasteiger partial charge in [0, 0.05) is 32.1 Å². The van der Waals surface area contributed by atoms with Gasteiger partial charge in [-0.25, -0.2) is 9.97 Å². The Balaban J connectivity index is 3.02. The van der Waals surface area contributed by atoms with Crippen molar-refractivity contribution in [3.63, 3.8) is 0 Å². The maximum atomic E-state index is 12.4. The van der Waals surface area contributed by atoms with Crippen molar-refractivity contribution in [2.45, 2.75) is 46.2 Å². The van der Waals surface area contributed by atoms with Gasteiger partial charge < -0.3 is 10.2 Å². The van der Waals surface area contributed by atoms with E-state index in [2.05, 4.69) is 15.3 Å². The Bertz CT molecular complexity index is 460. The molecule has 7 heteroatoms. The summed E-state index contributed by atoms with van der Waals surface area (Å²) < 4.78 is 37.1. The molecule has 1 rings (SSSR count). The number of nitrogens with zero attached hydrogens (tertiary/aromatic N) is 3. The third kappa shape index (κ3) is 5.40. The van der Waals surface area contributed by atoms with Crippen molar-refractivity contribution >= 4 is 11.6 Å². The van der Waals surface area contributed by atoms with E-state index in [1.807, 2.05) is 20.8 Å². The molecule has 0 bridgehead atoms. The van der Waals surface area contributed by atoms with E-state index >= 15 is 0 Å². The maximum Gasteiger partial charge on any atom is 0.390 e. The number of hydrogen-bond acceptors (Lipinski definition) is 4. The van der Waals surface area contributed by atoms with E-state index in [9.17, 15) is 13.2 Å². The minimum Gasteiger partial charge on any atom is -0.370 e. The molecule has 0 aliphatic carbocycles. The Morgan fingerprint density at radius 1 is 1.19 bits per heavy atom. The van der Waals surface area contributed by atoms with Gasteiger partial charge in [0.15, 0.2) is 0 Å². The monoisotopic (exact) mass is 304 g/mol. The van der Waals surface area contributed by atoms with Crippen molar-refractivity contribution in [1.29, 1.82) is 0 Å². The normalized spacial score (nSPS) is 11.6. The molecule has 0 radical (unpaired) electrons. The van der Waals surface area contributed by atoms with Gasteiger partial charge in [-0.15, -0.1) is 0 Å². The van der Waals surface area contributed by atoms with Crippen LogP contribution in [0.3, 0.4) is 0 Å². The second-order valence-electron chi connectivity index (χ2n) is 5.00. The molecule has 0 spiro atoms. The van der Waals surface area contributed by atoms with Gasteiger partial charge >= 0.3 is 6.18 Å². The Hall–Kier alpha value is -1.53. The minimum absolute atomic E-state index is 0.113. The molecule has 1 aromatic rings. The number of alkyl halides is 3. The second kappa shape index (κ2) is 7.47. The molecular weight excluding hydrogens is 281 g/mol. The van der Waals surface area contributed by atoms with Gasteiger partial charge in [-0.1, -0.05) is 6.92 Å². The van der Waals surface area contributed by atoms with Crippen LogP contribution in [0.2, 0.25) is 0 Å². The van der Waals surface area contributed by atoms with Crippen LogP contribution in [-0.2, 0) is 6.42 Å². The van der Waals surface area contributed by atoms with E-state index in [0.29, 0.717) is 30.4 Å². The van der Waals surface area contributed by atoms with Gasteiger partial charge in [0.2, 0.25) is 0 Å². The van der Waals surface area contributed by atoms with E-state index in [4.69, 9.17) is 0 Å². The standard InChI is InChI=1S/C14H23F3N4/c1-5-7-11-19-12(18-6-2)10(3)13(20-11)21(4)9-8-14(15,16)17/h5-9H2,1-4H3,(H,18,19,20). The fourth-order valence-corrected chi connectivity index (χ4v) is 2.00. The molecule has 0 aliphatic heterocycles. The average Bonchev–Trinajstić information content (AvgIpc) is 2.39. The number of rotatable bonds is 7.